The number of nitrogens with zero attached hydrogens (tertiary/aromatic N) is 3. The number of aromatic nitrogens is 3. The largest absolute Gasteiger partial charge is 0.464 e. The monoisotopic (exact) mass is 243 g/mol. The highest BCUT2D eigenvalue weighted by Crippen LogP contribution is 2.10. The van der Waals surface area contributed by atoms with Crippen LogP contribution < -0.4 is 15.8 Å². The van der Waals surface area contributed by atoms with Gasteiger partial charge in [0, 0.05) is 11.8 Å². The first kappa shape index (κ1) is 12.8. The molecular weight excluding hydrogens is 226 g/mol. The Balaban J connectivity index is 2.64. The van der Waals surface area contributed by atoms with Gasteiger partial charge in [-0.05, 0) is 13.2 Å². The van der Waals surface area contributed by atoms with Crippen molar-refractivity contribution in [2.45, 2.75) is 19.1 Å². The van der Waals surface area contributed by atoms with Gasteiger partial charge in [-0.3, -0.25) is 0 Å². The second-order valence-corrected chi connectivity index (χ2v) is 4.44. The molecule has 0 aromatic carbocycles. The average molecular weight is 243 g/mol. The van der Waals surface area contributed by atoms with Crippen LogP contribution in [0.2, 0.25) is 0 Å². The summed E-state index contributed by atoms with van der Waals surface area (Å²) in [4.78, 5) is 11.9. The predicted octanol–water partition coefficient (Wildman–Crippen LogP) is 1.02. The zero-order chi connectivity index (χ0) is 12.0. The molecule has 16 heavy (non-hydrogen) atoms. The Morgan fingerprint density at radius 2 is 2.19 bits per heavy atom. The minimum absolute atomic E-state index is 0.165. The second kappa shape index (κ2) is 6.37. The first-order chi connectivity index (χ1) is 7.65. The molecule has 3 N–H and O–H groups in total. The third-order valence-corrected chi connectivity index (χ3v) is 2.83. The molecule has 0 saturated heterocycles. The fourth-order valence-electron chi connectivity index (χ4n) is 0.963. The van der Waals surface area contributed by atoms with Gasteiger partial charge in [0.1, 0.15) is 0 Å². The van der Waals surface area contributed by atoms with Gasteiger partial charge in [0.2, 0.25) is 11.9 Å². The van der Waals surface area contributed by atoms with Gasteiger partial charge in [-0.25, -0.2) is 0 Å². The van der Waals surface area contributed by atoms with Gasteiger partial charge in [-0.2, -0.15) is 26.7 Å². The van der Waals surface area contributed by atoms with Gasteiger partial charge in [0.05, 0.1) is 6.61 Å². The topological polar surface area (TPSA) is 86.0 Å². The normalized spacial score (nSPS) is 12.2. The molecule has 0 aliphatic rings. The number of nitrogens with one attached hydrogen (secondary N) is 1. The number of thioether (sulfide) groups is 1. The smallest absolute Gasteiger partial charge is 0.323 e. The second-order valence-electron chi connectivity index (χ2n) is 3.16. The van der Waals surface area contributed by atoms with E-state index < -0.39 is 0 Å². The Kier molecular flexibility index (Phi) is 5.10. The van der Waals surface area contributed by atoms with Crippen LogP contribution in [0, 0.1) is 0 Å². The number of nitrogen functional groups attached to an aromatic ring is 1. The molecule has 0 fully saturated rings. The minimum Gasteiger partial charge on any atom is -0.464 e. The van der Waals surface area contributed by atoms with Gasteiger partial charge in [-0.15, -0.1) is 0 Å². The quantitative estimate of drug-likeness (QED) is 0.771. The van der Waals surface area contributed by atoms with E-state index in [1.807, 2.05) is 6.92 Å². The van der Waals surface area contributed by atoms with Crippen LogP contribution in [0.3, 0.4) is 0 Å². The van der Waals surface area contributed by atoms with Crippen molar-refractivity contribution in [2.24, 2.45) is 0 Å². The summed E-state index contributed by atoms with van der Waals surface area (Å²) in [7, 11) is 0. The van der Waals surface area contributed by atoms with E-state index in [9.17, 15) is 0 Å². The summed E-state index contributed by atoms with van der Waals surface area (Å²) in [6, 6.07) is 0.259. The molecule has 0 spiro atoms. The van der Waals surface area contributed by atoms with Crippen molar-refractivity contribution < 1.29 is 4.74 Å². The summed E-state index contributed by atoms with van der Waals surface area (Å²) in [5.41, 5.74) is 5.54. The number of hydrogen-bond donors (Lipinski definition) is 2. The predicted molar refractivity (Wildman–Crippen MR) is 66.9 cm³/mol. The number of anilines is 2. The Hall–Kier alpha value is -1.24. The number of rotatable bonds is 6. The molecule has 90 valence electrons. The fourth-order valence-corrected chi connectivity index (χ4v) is 1.21. The molecule has 7 heteroatoms. The third kappa shape index (κ3) is 4.09. The fraction of sp³-hybridized carbons (Fsp3) is 0.667. The molecule has 0 aliphatic heterocycles. The molecule has 1 rings (SSSR count). The Morgan fingerprint density at radius 3 is 2.81 bits per heavy atom. The number of hydrogen-bond acceptors (Lipinski definition) is 7. The van der Waals surface area contributed by atoms with Gasteiger partial charge in [0.15, 0.2) is 0 Å². The SMILES string of the molecule is CCOc1nc(N)nc(NCC(C)SC)n1. The van der Waals surface area contributed by atoms with Crippen molar-refractivity contribution >= 4 is 23.7 Å². The summed E-state index contributed by atoms with van der Waals surface area (Å²) in [6.07, 6.45) is 2.06. The maximum atomic E-state index is 5.54. The van der Waals surface area contributed by atoms with E-state index in [1.54, 1.807) is 11.8 Å². The van der Waals surface area contributed by atoms with Crippen molar-refractivity contribution in [3.05, 3.63) is 0 Å². The standard InChI is InChI=1S/C9H17N5OS/c1-4-15-9-13-7(10)12-8(14-9)11-5-6(2)16-3/h6H,4-5H2,1-3H3,(H3,10,11,12,13,14). The molecule has 6 nitrogen and oxygen atoms in total. The van der Waals surface area contributed by atoms with Crippen LogP contribution >= 0.6 is 11.8 Å². The lowest BCUT2D eigenvalue weighted by atomic mass is 10.5. The molecule has 1 heterocycles. The van der Waals surface area contributed by atoms with Crippen molar-refractivity contribution in [3.63, 3.8) is 0 Å². The van der Waals surface area contributed by atoms with Gasteiger partial charge < -0.3 is 15.8 Å². The summed E-state index contributed by atoms with van der Waals surface area (Å²) in [6.45, 7) is 5.26. The molecule has 1 unspecified atom stereocenters. The van der Waals surface area contributed by atoms with Crippen LogP contribution in [-0.2, 0) is 0 Å². The van der Waals surface area contributed by atoms with Crippen molar-refractivity contribution in [2.75, 3.05) is 30.5 Å². The van der Waals surface area contributed by atoms with E-state index in [0.29, 0.717) is 17.8 Å². The highest BCUT2D eigenvalue weighted by molar-refractivity contribution is 7.99. The molecule has 0 amide bonds. The molecule has 1 atom stereocenters. The van der Waals surface area contributed by atoms with Crippen molar-refractivity contribution in [1.29, 1.82) is 0 Å². The van der Waals surface area contributed by atoms with Gasteiger partial charge in [0.25, 0.3) is 0 Å². The summed E-state index contributed by atoms with van der Waals surface area (Å²) >= 11 is 1.77. The molecule has 0 bridgehead atoms. The summed E-state index contributed by atoms with van der Waals surface area (Å²) in [5.74, 6) is 0.620. The lowest BCUT2D eigenvalue weighted by Gasteiger charge is -2.10. The van der Waals surface area contributed by atoms with Crippen LogP contribution in [0.5, 0.6) is 6.01 Å². The van der Waals surface area contributed by atoms with E-state index in [2.05, 4.69) is 33.4 Å². The molecule has 1 aromatic heterocycles. The first-order valence-corrected chi connectivity index (χ1v) is 6.35. The van der Waals surface area contributed by atoms with E-state index in [0.717, 1.165) is 6.54 Å². The Labute approximate surface area is 99.4 Å². The summed E-state index contributed by atoms with van der Waals surface area (Å²) in [5, 5.41) is 3.57. The first-order valence-electron chi connectivity index (χ1n) is 5.06. The van der Waals surface area contributed by atoms with Gasteiger partial charge in [-0.1, -0.05) is 6.92 Å². The van der Waals surface area contributed by atoms with Crippen molar-refractivity contribution in [1.82, 2.24) is 15.0 Å². The van der Waals surface area contributed by atoms with Crippen LogP contribution in [0.4, 0.5) is 11.9 Å². The Bertz CT molecular complexity index is 336. The van der Waals surface area contributed by atoms with Crippen LogP contribution in [0.15, 0.2) is 0 Å². The van der Waals surface area contributed by atoms with Crippen molar-refractivity contribution in [3.8, 4) is 6.01 Å². The summed E-state index contributed by atoms with van der Waals surface area (Å²) < 4.78 is 5.17. The zero-order valence-electron chi connectivity index (χ0n) is 9.73. The molecule has 0 radical (unpaired) electrons. The van der Waals surface area contributed by atoms with Crippen LogP contribution in [0.1, 0.15) is 13.8 Å². The van der Waals surface area contributed by atoms with Crippen LogP contribution in [0.25, 0.3) is 0 Å². The highest BCUT2D eigenvalue weighted by Gasteiger charge is 2.06. The minimum atomic E-state index is 0.165. The van der Waals surface area contributed by atoms with E-state index in [1.165, 1.54) is 0 Å². The molecular formula is C9H17N5OS. The maximum absolute atomic E-state index is 5.54. The lowest BCUT2D eigenvalue weighted by molar-refractivity contribution is 0.312. The van der Waals surface area contributed by atoms with E-state index in [4.69, 9.17) is 10.5 Å². The Morgan fingerprint density at radius 1 is 1.44 bits per heavy atom. The lowest BCUT2D eigenvalue weighted by Crippen LogP contribution is -2.16. The molecule has 0 aliphatic carbocycles. The number of nitrogens with two attached hydrogens (primary N) is 1. The third-order valence-electron chi connectivity index (χ3n) is 1.86. The maximum Gasteiger partial charge on any atom is 0.323 e. The molecule has 0 saturated carbocycles. The van der Waals surface area contributed by atoms with Crippen LogP contribution in [-0.4, -0.2) is 39.6 Å². The number of ether oxygens (including phenoxy) is 1. The van der Waals surface area contributed by atoms with E-state index >= 15 is 0 Å². The average Bonchev–Trinajstić information content (AvgIpc) is 2.25. The van der Waals surface area contributed by atoms with E-state index in [-0.39, 0.29) is 12.0 Å². The highest BCUT2D eigenvalue weighted by atomic mass is 32.2. The zero-order valence-corrected chi connectivity index (χ0v) is 10.5. The van der Waals surface area contributed by atoms with Gasteiger partial charge >= 0.3 is 6.01 Å². The molecule has 1 aromatic rings.